The minimum atomic E-state index is -0.563. The molecule has 0 saturated carbocycles. The van der Waals surface area contributed by atoms with E-state index >= 15 is 0 Å². The maximum absolute atomic E-state index is 11.7. The van der Waals surface area contributed by atoms with E-state index in [0.29, 0.717) is 11.3 Å². The van der Waals surface area contributed by atoms with Crippen LogP contribution in [0.3, 0.4) is 0 Å². The average molecular weight is 325 g/mol. The lowest BCUT2D eigenvalue weighted by atomic mass is 10.2. The number of benzene rings is 1. The summed E-state index contributed by atoms with van der Waals surface area (Å²) >= 11 is 1.51. The Morgan fingerprint density at radius 1 is 1.30 bits per heavy atom. The van der Waals surface area contributed by atoms with Crippen LogP contribution in [0.5, 0.6) is 0 Å². The second-order valence-electron chi connectivity index (χ2n) is 4.82. The Hall–Kier alpha value is -3.00. The van der Waals surface area contributed by atoms with Crippen molar-refractivity contribution in [3.05, 3.63) is 41.7 Å². The van der Waals surface area contributed by atoms with Gasteiger partial charge in [-0.1, -0.05) is 0 Å². The van der Waals surface area contributed by atoms with Crippen molar-refractivity contribution < 1.29 is 9.53 Å². The molecule has 3 heterocycles. The highest BCUT2D eigenvalue weighted by molar-refractivity contribution is 7.17. The smallest absolute Gasteiger partial charge is 0.376 e. The molecule has 23 heavy (non-hydrogen) atoms. The molecule has 3 aromatic heterocycles. The summed E-state index contributed by atoms with van der Waals surface area (Å²) in [4.78, 5) is 20.3. The number of nitrogens with one attached hydrogen (secondary N) is 2. The SMILES string of the molecule is COC(=O)c1nc(Nc2ccc3[nH]ncc3c2)c2sccc2n1. The minimum absolute atomic E-state index is 0.0327. The zero-order valence-electron chi connectivity index (χ0n) is 12.0. The number of fused-ring (bicyclic) bond motifs is 2. The van der Waals surface area contributed by atoms with Gasteiger partial charge in [0.15, 0.2) is 5.82 Å². The van der Waals surface area contributed by atoms with Gasteiger partial charge in [-0.3, -0.25) is 5.10 Å². The van der Waals surface area contributed by atoms with Crippen LogP contribution < -0.4 is 5.32 Å². The van der Waals surface area contributed by atoms with Gasteiger partial charge in [-0.2, -0.15) is 5.10 Å². The fourth-order valence-electron chi connectivity index (χ4n) is 2.29. The highest BCUT2D eigenvalue weighted by atomic mass is 32.1. The number of methoxy groups -OCH3 is 1. The number of aromatic nitrogens is 4. The number of esters is 1. The normalized spacial score (nSPS) is 11.0. The zero-order valence-corrected chi connectivity index (χ0v) is 12.8. The van der Waals surface area contributed by atoms with Gasteiger partial charge in [0, 0.05) is 11.1 Å². The summed E-state index contributed by atoms with van der Waals surface area (Å²) in [7, 11) is 1.31. The van der Waals surface area contributed by atoms with Crippen LogP contribution in [0.1, 0.15) is 10.6 Å². The highest BCUT2D eigenvalue weighted by Gasteiger charge is 2.15. The summed E-state index contributed by atoms with van der Waals surface area (Å²) < 4.78 is 5.59. The summed E-state index contributed by atoms with van der Waals surface area (Å²) in [6.45, 7) is 0. The van der Waals surface area contributed by atoms with Gasteiger partial charge in [0.25, 0.3) is 0 Å². The summed E-state index contributed by atoms with van der Waals surface area (Å²) in [5, 5.41) is 13.0. The van der Waals surface area contributed by atoms with Crippen molar-refractivity contribution in [1.82, 2.24) is 20.2 Å². The third-order valence-corrected chi connectivity index (χ3v) is 4.28. The van der Waals surface area contributed by atoms with Gasteiger partial charge in [-0.15, -0.1) is 11.3 Å². The van der Waals surface area contributed by atoms with Crippen LogP contribution in [0.4, 0.5) is 11.5 Å². The molecule has 8 heteroatoms. The molecular weight excluding hydrogens is 314 g/mol. The number of nitrogens with zero attached hydrogens (tertiary/aromatic N) is 3. The maximum Gasteiger partial charge on any atom is 0.376 e. The molecule has 0 spiro atoms. The number of ether oxygens (including phenoxy) is 1. The fraction of sp³-hybridized carbons (Fsp3) is 0.0667. The first-order valence-corrected chi connectivity index (χ1v) is 7.66. The number of rotatable bonds is 3. The Labute approximate surface area is 134 Å². The molecule has 0 amide bonds. The van der Waals surface area contributed by atoms with Crippen LogP contribution in [0.25, 0.3) is 21.1 Å². The molecule has 0 atom stereocenters. The Kier molecular flexibility index (Phi) is 3.16. The van der Waals surface area contributed by atoms with Crippen LogP contribution >= 0.6 is 11.3 Å². The summed E-state index contributed by atoms with van der Waals surface area (Å²) in [5.74, 6) is 0.0463. The van der Waals surface area contributed by atoms with E-state index < -0.39 is 5.97 Å². The Bertz CT molecular complexity index is 1020. The van der Waals surface area contributed by atoms with Crippen LogP contribution in [-0.4, -0.2) is 33.2 Å². The van der Waals surface area contributed by atoms with Crippen molar-refractivity contribution in [2.24, 2.45) is 0 Å². The number of thiophene rings is 1. The van der Waals surface area contributed by atoms with Crippen LogP contribution in [0, 0.1) is 0 Å². The van der Waals surface area contributed by atoms with Crippen LogP contribution in [0.2, 0.25) is 0 Å². The van der Waals surface area contributed by atoms with E-state index in [0.717, 1.165) is 21.3 Å². The molecule has 0 radical (unpaired) electrons. The lowest BCUT2D eigenvalue weighted by Gasteiger charge is -2.08. The molecule has 114 valence electrons. The van der Waals surface area contributed by atoms with Gasteiger partial charge in [-0.25, -0.2) is 14.8 Å². The van der Waals surface area contributed by atoms with E-state index in [1.54, 1.807) is 6.20 Å². The molecule has 0 aliphatic heterocycles. The van der Waals surface area contributed by atoms with Crippen molar-refractivity contribution >= 4 is 49.9 Å². The average Bonchev–Trinajstić information content (AvgIpc) is 3.22. The molecule has 7 nitrogen and oxygen atoms in total. The largest absolute Gasteiger partial charge is 0.463 e. The van der Waals surface area contributed by atoms with Crippen molar-refractivity contribution in [1.29, 1.82) is 0 Å². The second kappa shape index (κ2) is 5.33. The molecule has 2 N–H and O–H groups in total. The highest BCUT2D eigenvalue weighted by Crippen LogP contribution is 2.29. The molecular formula is C15H11N5O2S. The molecule has 0 aliphatic rings. The van der Waals surface area contributed by atoms with Crippen molar-refractivity contribution in [3.63, 3.8) is 0 Å². The van der Waals surface area contributed by atoms with Gasteiger partial charge in [0.05, 0.1) is 29.0 Å². The zero-order chi connectivity index (χ0) is 15.8. The van der Waals surface area contributed by atoms with Crippen molar-refractivity contribution in [2.45, 2.75) is 0 Å². The quantitative estimate of drug-likeness (QED) is 0.562. The molecule has 0 fully saturated rings. The number of anilines is 2. The van der Waals surface area contributed by atoms with Crippen LogP contribution in [-0.2, 0) is 4.74 Å². The van der Waals surface area contributed by atoms with Gasteiger partial charge < -0.3 is 10.1 Å². The molecule has 0 saturated heterocycles. The number of carbonyl (C=O) groups excluding carboxylic acids is 1. The minimum Gasteiger partial charge on any atom is -0.463 e. The maximum atomic E-state index is 11.7. The predicted octanol–water partition coefficient (Wildman–Crippen LogP) is 3.10. The summed E-state index contributed by atoms with van der Waals surface area (Å²) in [6.07, 6.45) is 1.75. The molecule has 0 aliphatic carbocycles. The van der Waals surface area contributed by atoms with E-state index in [-0.39, 0.29) is 5.82 Å². The standard InChI is InChI=1S/C15H11N5O2S/c1-22-15(21)14-18-11-4-5-23-12(11)13(19-14)17-9-2-3-10-8(6-9)7-16-20-10/h2-7H,1H3,(H,16,20)(H,17,18,19). The Balaban J connectivity index is 1.80. The monoisotopic (exact) mass is 325 g/mol. The van der Waals surface area contributed by atoms with E-state index in [4.69, 9.17) is 4.74 Å². The first-order chi connectivity index (χ1) is 11.2. The lowest BCUT2D eigenvalue weighted by Crippen LogP contribution is -2.09. The fourth-order valence-corrected chi connectivity index (χ4v) is 3.06. The Morgan fingerprint density at radius 3 is 3.09 bits per heavy atom. The van der Waals surface area contributed by atoms with Gasteiger partial charge in [0.1, 0.15) is 0 Å². The van der Waals surface area contributed by atoms with E-state index in [2.05, 4.69) is 25.5 Å². The number of aromatic amines is 1. The van der Waals surface area contributed by atoms with E-state index in [9.17, 15) is 4.79 Å². The van der Waals surface area contributed by atoms with Crippen LogP contribution in [0.15, 0.2) is 35.8 Å². The molecule has 4 aromatic rings. The number of H-pyrrole nitrogens is 1. The molecule has 1 aromatic carbocycles. The molecule has 0 unspecified atom stereocenters. The van der Waals surface area contributed by atoms with E-state index in [1.807, 2.05) is 29.6 Å². The summed E-state index contributed by atoms with van der Waals surface area (Å²) in [5.41, 5.74) is 2.51. The third-order valence-electron chi connectivity index (χ3n) is 3.37. The van der Waals surface area contributed by atoms with Gasteiger partial charge >= 0.3 is 5.97 Å². The van der Waals surface area contributed by atoms with Gasteiger partial charge in [0.2, 0.25) is 5.82 Å². The topological polar surface area (TPSA) is 92.8 Å². The molecule has 0 bridgehead atoms. The number of carbonyl (C=O) groups is 1. The third kappa shape index (κ3) is 2.38. The lowest BCUT2D eigenvalue weighted by molar-refractivity contribution is 0.0587. The first-order valence-electron chi connectivity index (χ1n) is 6.78. The van der Waals surface area contributed by atoms with Crippen molar-refractivity contribution in [3.8, 4) is 0 Å². The number of hydrogen-bond acceptors (Lipinski definition) is 7. The van der Waals surface area contributed by atoms with Crippen molar-refractivity contribution in [2.75, 3.05) is 12.4 Å². The Morgan fingerprint density at radius 2 is 2.22 bits per heavy atom. The van der Waals surface area contributed by atoms with Gasteiger partial charge in [-0.05, 0) is 29.6 Å². The first kappa shape index (κ1) is 13.6. The molecule has 4 rings (SSSR count). The van der Waals surface area contributed by atoms with E-state index in [1.165, 1.54) is 18.4 Å². The predicted molar refractivity (Wildman–Crippen MR) is 88.1 cm³/mol. The summed E-state index contributed by atoms with van der Waals surface area (Å²) in [6, 6.07) is 7.65. The number of hydrogen-bond donors (Lipinski definition) is 2. The second-order valence-corrected chi connectivity index (χ2v) is 5.74.